The molecule has 3 aromatic heterocycles. The van der Waals surface area contributed by atoms with Crippen LogP contribution in [0.4, 0.5) is 0 Å². The highest BCUT2D eigenvalue weighted by Gasteiger charge is 2.28. The molecule has 4 aromatic rings. The van der Waals surface area contributed by atoms with Crippen LogP contribution < -0.4 is 0 Å². The minimum Gasteiger partial charge on any atom is -0.465 e. The van der Waals surface area contributed by atoms with E-state index in [9.17, 15) is 9.59 Å². The monoisotopic (exact) mass is 440 g/mol. The highest BCUT2D eigenvalue weighted by atomic mass is 16.5. The second kappa shape index (κ2) is 8.20. The van der Waals surface area contributed by atoms with Crippen molar-refractivity contribution >= 4 is 34.3 Å². The van der Waals surface area contributed by atoms with Gasteiger partial charge in [-0.15, -0.1) is 0 Å². The number of rotatable bonds is 5. The van der Waals surface area contributed by atoms with Gasteiger partial charge in [0.25, 0.3) is 0 Å². The first-order valence-electron chi connectivity index (χ1n) is 10.9. The summed E-state index contributed by atoms with van der Waals surface area (Å²) in [5, 5.41) is 0.736. The molecule has 0 unspecified atom stereocenters. The van der Waals surface area contributed by atoms with E-state index in [2.05, 4.69) is 0 Å². The molecule has 0 radical (unpaired) electrons. The topological polar surface area (TPSA) is 74.3 Å². The number of benzene rings is 1. The summed E-state index contributed by atoms with van der Waals surface area (Å²) in [7, 11) is 1.91. The molecular formula is C27H24N2O4. The van der Waals surface area contributed by atoms with Gasteiger partial charge >= 0.3 is 5.97 Å². The number of para-hydroxylation sites is 1. The van der Waals surface area contributed by atoms with E-state index in [1.165, 1.54) is 0 Å². The fourth-order valence-electron chi connectivity index (χ4n) is 4.48. The van der Waals surface area contributed by atoms with Gasteiger partial charge in [0.15, 0.2) is 6.61 Å². The molecule has 0 N–H and O–H groups in total. The molecule has 0 amide bonds. The summed E-state index contributed by atoms with van der Waals surface area (Å²) in [4.78, 5) is 30.9. The lowest BCUT2D eigenvalue weighted by Gasteiger charge is -2.12. The molecule has 0 fully saturated rings. The van der Waals surface area contributed by atoms with Gasteiger partial charge in [-0.2, -0.15) is 0 Å². The number of ketones is 1. The average molecular weight is 440 g/mol. The van der Waals surface area contributed by atoms with Gasteiger partial charge in [0.05, 0.1) is 23.0 Å². The number of allylic oxidation sites excluding steroid dienone is 1. The molecule has 0 bridgehead atoms. The van der Waals surface area contributed by atoms with Gasteiger partial charge in [-0.25, -0.2) is 9.78 Å². The van der Waals surface area contributed by atoms with Gasteiger partial charge in [-0.1, -0.05) is 18.2 Å². The Labute approximate surface area is 191 Å². The Balaban J connectivity index is 1.49. The molecule has 0 spiro atoms. The van der Waals surface area contributed by atoms with Crippen molar-refractivity contribution in [3.05, 3.63) is 88.3 Å². The van der Waals surface area contributed by atoms with E-state index in [-0.39, 0.29) is 12.4 Å². The number of nitrogens with zero attached hydrogens (tertiary/aromatic N) is 2. The van der Waals surface area contributed by atoms with E-state index < -0.39 is 5.97 Å². The molecule has 3 heterocycles. The van der Waals surface area contributed by atoms with Crippen molar-refractivity contribution in [3.8, 4) is 0 Å². The third-order valence-corrected chi connectivity index (χ3v) is 6.42. The minimum atomic E-state index is -0.497. The molecule has 6 nitrogen and oxygen atoms in total. The number of aromatic nitrogens is 2. The second-order valence-electron chi connectivity index (χ2n) is 8.36. The van der Waals surface area contributed by atoms with E-state index in [1.807, 2.05) is 74.0 Å². The van der Waals surface area contributed by atoms with Crippen LogP contribution in [0, 0.1) is 13.8 Å². The minimum absolute atomic E-state index is 0.210. The van der Waals surface area contributed by atoms with Crippen molar-refractivity contribution in [2.45, 2.75) is 26.7 Å². The fraction of sp³-hybridized carbons (Fsp3) is 0.222. The Kier molecular flexibility index (Phi) is 5.21. The third-order valence-electron chi connectivity index (χ3n) is 6.42. The number of esters is 1. The number of ether oxygens (including phenoxy) is 1. The summed E-state index contributed by atoms with van der Waals surface area (Å²) in [5.74, 6) is 0.0387. The van der Waals surface area contributed by atoms with Crippen molar-refractivity contribution in [3.63, 3.8) is 0 Å². The van der Waals surface area contributed by atoms with Crippen molar-refractivity contribution in [1.29, 1.82) is 0 Å². The summed E-state index contributed by atoms with van der Waals surface area (Å²) in [5.41, 5.74) is 6.30. The normalized spacial score (nSPS) is 14.1. The SMILES string of the molecule is Cc1cc(C(=O)COC(=O)c2c3c(nc4ccccc24)C(=Cc2ccco2)CC3)c(C)n1C. The van der Waals surface area contributed by atoms with Gasteiger partial charge in [0.2, 0.25) is 5.78 Å². The molecule has 0 aliphatic heterocycles. The molecule has 1 aliphatic rings. The highest BCUT2D eigenvalue weighted by molar-refractivity contribution is 6.08. The Bertz CT molecular complexity index is 1420. The molecule has 5 rings (SSSR count). The number of carbonyl (C=O) groups is 2. The van der Waals surface area contributed by atoms with Crippen molar-refractivity contribution in [2.24, 2.45) is 7.05 Å². The predicted molar refractivity (Wildman–Crippen MR) is 126 cm³/mol. The lowest BCUT2D eigenvalue weighted by molar-refractivity contribution is 0.0475. The first-order valence-corrected chi connectivity index (χ1v) is 10.9. The molecule has 0 saturated carbocycles. The van der Waals surface area contributed by atoms with E-state index in [1.54, 1.807) is 6.26 Å². The third kappa shape index (κ3) is 3.67. The standard InChI is InChI=1S/C27H24N2O4/c1-16-13-22(17(2)29(16)3)24(30)15-33-27(31)25-20-8-4-5-9-23(20)28-26-18(10-11-21(25)26)14-19-7-6-12-32-19/h4-9,12-14H,10-11,15H2,1-3H3. The Morgan fingerprint density at radius 1 is 1.15 bits per heavy atom. The van der Waals surface area contributed by atoms with E-state index in [0.29, 0.717) is 17.5 Å². The molecule has 1 aliphatic carbocycles. The summed E-state index contributed by atoms with van der Waals surface area (Å²) in [6.45, 7) is 3.53. The van der Waals surface area contributed by atoms with Crippen LogP contribution in [-0.4, -0.2) is 27.9 Å². The van der Waals surface area contributed by atoms with E-state index >= 15 is 0 Å². The van der Waals surface area contributed by atoms with E-state index in [0.717, 1.165) is 51.3 Å². The van der Waals surface area contributed by atoms with Gasteiger partial charge in [-0.05, 0) is 68.2 Å². The maximum atomic E-state index is 13.3. The van der Waals surface area contributed by atoms with Gasteiger partial charge in [0, 0.05) is 29.4 Å². The van der Waals surface area contributed by atoms with Crippen LogP contribution in [0.1, 0.15) is 55.5 Å². The number of carbonyl (C=O) groups excluding carboxylic acids is 2. The van der Waals surface area contributed by atoms with Crippen LogP contribution in [0.2, 0.25) is 0 Å². The maximum absolute atomic E-state index is 13.3. The van der Waals surface area contributed by atoms with Gasteiger partial charge in [0.1, 0.15) is 5.76 Å². The largest absolute Gasteiger partial charge is 0.465 e. The number of furan rings is 1. The smallest absolute Gasteiger partial charge is 0.339 e. The lowest BCUT2D eigenvalue weighted by atomic mass is 10.0. The zero-order valence-corrected chi connectivity index (χ0v) is 18.8. The van der Waals surface area contributed by atoms with Gasteiger partial charge < -0.3 is 13.7 Å². The molecule has 0 saturated heterocycles. The average Bonchev–Trinajstić information content (AvgIpc) is 3.53. The van der Waals surface area contributed by atoms with Crippen LogP contribution >= 0.6 is 0 Å². The Morgan fingerprint density at radius 3 is 2.70 bits per heavy atom. The zero-order valence-electron chi connectivity index (χ0n) is 18.8. The molecular weight excluding hydrogens is 416 g/mol. The first kappa shape index (κ1) is 20.9. The Hall–Kier alpha value is -3.93. The van der Waals surface area contributed by atoms with Crippen LogP contribution in [0.3, 0.4) is 0 Å². The van der Waals surface area contributed by atoms with Gasteiger partial charge in [-0.3, -0.25) is 4.79 Å². The molecule has 6 heteroatoms. The summed E-state index contributed by atoms with van der Waals surface area (Å²) >= 11 is 0. The van der Waals surface area contributed by atoms with Crippen molar-refractivity contribution < 1.29 is 18.7 Å². The number of hydrogen-bond acceptors (Lipinski definition) is 5. The molecule has 33 heavy (non-hydrogen) atoms. The molecule has 166 valence electrons. The second-order valence-corrected chi connectivity index (χ2v) is 8.36. The number of hydrogen-bond donors (Lipinski definition) is 0. The molecule has 1 aromatic carbocycles. The summed E-state index contributed by atoms with van der Waals surface area (Å²) in [6.07, 6.45) is 5.02. The summed E-state index contributed by atoms with van der Waals surface area (Å²) < 4.78 is 13.0. The van der Waals surface area contributed by atoms with Crippen LogP contribution in [0.5, 0.6) is 0 Å². The van der Waals surface area contributed by atoms with Crippen molar-refractivity contribution in [2.75, 3.05) is 6.61 Å². The number of fused-ring (bicyclic) bond motifs is 2. The molecule has 0 atom stereocenters. The van der Waals surface area contributed by atoms with E-state index in [4.69, 9.17) is 14.1 Å². The first-order chi connectivity index (χ1) is 15.9. The quantitative estimate of drug-likeness (QED) is 0.311. The number of Topliss-reactive ketones (excluding diaryl/α,β-unsaturated/α-hetero) is 1. The fourth-order valence-corrected chi connectivity index (χ4v) is 4.48. The van der Waals surface area contributed by atoms with Crippen LogP contribution in [-0.2, 0) is 18.2 Å². The zero-order chi connectivity index (χ0) is 23.1. The highest BCUT2D eigenvalue weighted by Crippen LogP contribution is 2.37. The number of pyridine rings is 1. The lowest BCUT2D eigenvalue weighted by Crippen LogP contribution is -2.17. The summed E-state index contributed by atoms with van der Waals surface area (Å²) in [6, 6.07) is 13.1. The Morgan fingerprint density at radius 2 is 1.97 bits per heavy atom. The van der Waals surface area contributed by atoms with Crippen LogP contribution in [0.25, 0.3) is 22.6 Å². The van der Waals surface area contributed by atoms with Crippen molar-refractivity contribution in [1.82, 2.24) is 9.55 Å². The van der Waals surface area contributed by atoms with Crippen LogP contribution in [0.15, 0.2) is 53.1 Å². The number of aryl methyl sites for hydroxylation is 1. The maximum Gasteiger partial charge on any atom is 0.339 e. The predicted octanol–water partition coefficient (Wildman–Crippen LogP) is 5.31.